The van der Waals surface area contributed by atoms with Crippen LogP contribution in [0.1, 0.15) is 56.3 Å². The lowest BCUT2D eigenvalue weighted by Gasteiger charge is -2.44. The lowest BCUT2D eigenvalue weighted by molar-refractivity contribution is 0.0112. The Balaban J connectivity index is 1.85. The van der Waals surface area contributed by atoms with Crippen molar-refractivity contribution in [3.8, 4) is 0 Å². The van der Waals surface area contributed by atoms with Gasteiger partial charge < -0.3 is 5.11 Å². The predicted octanol–water partition coefficient (Wildman–Crippen LogP) is 3.33. The fourth-order valence-corrected chi connectivity index (χ4v) is 3.93. The van der Waals surface area contributed by atoms with Gasteiger partial charge >= 0.3 is 0 Å². The molecule has 1 aromatic carbocycles. The van der Waals surface area contributed by atoms with Crippen LogP contribution in [-0.2, 0) is 0 Å². The molecule has 0 aromatic heterocycles. The first-order chi connectivity index (χ1) is 9.16. The van der Waals surface area contributed by atoms with Crippen molar-refractivity contribution in [3.05, 3.63) is 35.4 Å². The Kier molecular flexibility index (Phi) is 3.64. The number of rotatable bonds is 1. The van der Waals surface area contributed by atoms with Crippen molar-refractivity contribution in [1.29, 1.82) is 0 Å². The topological polar surface area (TPSA) is 23.5 Å². The van der Waals surface area contributed by atoms with Crippen molar-refractivity contribution >= 4 is 0 Å². The molecule has 1 saturated heterocycles. The van der Waals surface area contributed by atoms with Crippen LogP contribution in [0.15, 0.2) is 24.3 Å². The average molecular weight is 259 g/mol. The van der Waals surface area contributed by atoms with E-state index in [0.29, 0.717) is 12.0 Å². The average Bonchev–Trinajstić information content (AvgIpc) is 2.43. The number of aliphatic hydroxyl groups is 1. The van der Waals surface area contributed by atoms with Gasteiger partial charge in [0.15, 0.2) is 0 Å². The van der Waals surface area contributed by atoms with Crippen LogP contribution in [0.3, 0.4) is 0 Å². The number of fused-ring (bicyclic) bond motifs is 1. The molecule has 1 N–H and O–H groups in total. The van der Waals surface area contributed by atoms with E-state index in [-0.39, 0.29) is 6.10 Å². The van der Waals surface area contributed by atoms with Crippen LogP contribution < -0.4 is 0 Å². The van der Waals surface area contributed by atoms with Crippen molar-refractivity contribution < 1.29 is 5.11 Å². The summed E-state index contributed by atoms with van der Waals surface area (Å²) < 4.78 is 0. The maximum Gasteiger partial charge on any atom is 0.0948 e. The first-order valence-corrected chi connectivity index (χ1v) is 7.67. The van der Waals surface area contributed by atoms with Crippen LogP contribution in [0, 0.1) is 5.92 Å². The molecule has 4 unspecified atom stereocenters. The van der Waals surface area contributed by atoms with Gasteiger partial charge in [-0.05, 0) is 48.8 Å². The number of piperidine rings is 1. The van der Waals surface area contributed by atoms with Crippen molar-refractivity contribution in [2.24, 2.45) is 5.92 Å². The highest BCUT2D eigenvalue weighted by atomic mass is 16.3. The minimum atomic E-state index is -0.308. The zero-order valence-electron chi connectivity index (χ0n) is 12.0. The van der Waals surface area contributed by atoms with Crippen LogP contribution in [0.2, 0.25) is 0 Å². The van der Waals surface area contributed by atoms with Crippen LogP contribution in [0.5, 0.6) is 0 Å². The third-order valence-corrected chi connectivity index (χ3v) is 4.96. The van der Waals surface area contributed by atoms with E-state index >= 15 is 0 Å². The van der Waals surface area contributed by atoms with E-state index in [1.165, 1.54) is 18.4 Å². The highest BCUT2D eigenvalue weighted by Crippen LogP contribution is 2.40. The van der Waals surface area contributed by atoms with Gasteiger partial charge in [-0.2, -0.15) is 0 Å². The normalized spacial score (nSPS) is 35.9. The molecule has 1 aliphatic carbocycles. The maximum absolute atomic E-state index is 10.7. The fraction of sp³-hybridized carbons (Fsp3) is 0.647. The number of nitrogens with zero attached hydrogens (tertiary/aromatic N) is 1. The highest BCUT2D eigenvalue weighted by Gasteiger charge is 2.36. The third-order valence-electron chi connectivity index (χ3n) is 4.96. The van der Waals surface area contributed by atoms with Crippen LogP contribution in [0.4, 0.5) is 0 Å². The van der Waals surface area contributed by atoms with E-state index in [4.69, 9.17) is 0 Å². The standard InChI is InChI=1S/C17H25NO/c1-12-6-5-9-18(11-12)16-10-13(2)14-7-3-4-8-15(14)17(16)19/h3-4,7-8,12-13,16-17,19H,5-6,9-11H2,1-2H3. The summed E-state index contributed by atoms with van der Waals surface area (Å²) in [7, 11) is 0. The molecule has 0 spiro atoms. The first kappa shape index (κ1) is 13.1. The molecule has 104 valence electrons. The summed E-state index contributed by atoms with van der Waals surface area (Å²) in [5, 5.41) is 10.7. The summed E-state index contributed by atoms with van der Waals surface area (Å²) in [6.07, 6.45) is 3.40. The van der Waals surface area contributed by atoms with Gasteiger partial charge in [-0.3, -0.25) is 4.90 Å². The molecule has 1 heterocycles. The Morgan fingerprint density at radius 2 is 1.89 bits per heavy atom. The molecule has 19 heavy (non-hydrogen) atoms. The third kappa shape index (κ3) is 2.44. The van der Waals surface area contributed by atoms with Gasteiger partial charge in [-0.1, -0.05) is 38.1 Å². The highest BCUT2D eigenvalue weighted by molar-refractivity contribution is 5.35. The fourth-order valence-electron chi connectivity index (χ4n) is 3.93. The van der Waals surface area contributed by atoms with Crippen molar-refractivity contribution in [3.63, 3.8) is 0 Å². The summed E-state index contributed by atoms with van der Waals surface area (Å²) in [6.45, 7) is 6.93. The van der Waals surface area contributed by atoms with E-state index in [0.717, 1.165) is 31.0 Å². The number of hydrogen-bond acceptors (Lipinski definition) is 2. The first-order valence-electron chi connectivity index (χ1n) is 7.67. The Labute approximate surface area is 116 Å². The molecular weight excluding hydrogens is 234 g/mol. The summed E-state index contributed by atoms with van der Waals surface area (Å²) in [5.74, 6) is 1.33. The van der Waals surface area contributed by atoms with E-state index in [1.807, 2.05) is 0 Å². The largest absolute Gasteiger partial charge is 0.387 e. The number of benzene rings is 1. The van der Waals surface area contributed by atoms with Crippen LogP contribution in [0.25, 0.3) is 0 Å². The minimum Gasteiger partial charge on any atom is -0.387 e. The molecule has 1 aromatic rings. The van der Waals surface area contributed by atoms with Gasteiger partial charge in [0.1, 0.15) is 0 Å². The second-order valence-corrected chi connectivity index (χ2v) is 6.52. The van der Waals surface area contributed by atoms with Gasteiger partial charge in [-0.15, -0.1) is 0 Å². The molecular formula is C17H25NO. The zero-order valence-corrected chi connectivity index (χ0v) is 12.0. The molecule has 2 heteroatoms. The minimum absolute atomic E-state index is 0.308. The molecule has 4 atom stereocenters. The second kappa shape index (κ2) is 5.26. The zero-order chi connectivity index (χ0) is 13.4. The summed E-state index contributed by atoms with van der Waals surface area (Å²) in [6, 6.07) is 8.74. The van der Waals surface area contributed by atoms with Crippen LogP contribution in [-0.4, -0.2) is 29.1 Å². The molecule has 0 bridgehead atoms. The Morgan fingerprint density at radius 1 is 1.16 bits per heavy atom. The maximum atomic E-state index is 10.7. The summed E-state index contributed by atoms with van der Waals surface area (Å²) in [4.78, 5) is 2.53. The second-order valence-electron chi connectivity index (χ2n) is 6.52. The Hall–Kier alpha value is -0.860. The van der Waals surface area contributed by atoms with Gasteiger partial charge in [0.25, 0.3) is 0 Å². The summed E-state index contributed by atoms with van der Waals surface area (Å²) in [5.41, 5.74) is 2.50. The Morgan fingerprint density at radius 3 is 2.63 bits per heavy atom. The molecule has 1 aliphatic heterocycles. The number of aliphatic hydroxyl groups excluding tert-OH is 1. The van der Waals surface area contributed by atoms with Crippen LogP contribution >= 0.6 is 0 Å². The van der Waals surface area contributed by atoms with Gasteiger partial charge in [0, 0.05) is 12.6 Å². The molecule has 0 radical (unpaired) electrons. The van der Waals surface area contributed by atoms with Crippen molar-refractivity contribution in [2.45, 2.75) is 51.2 Å². The van der Waals surface area contributed by atoms with Crippen molar-refractivity contribution in [2.75, 3.05) is 13.1 Å². The molecule has 2 nitrogen and oxygen atoms in total. The lowest BCUT2D eigenvalue weighted by Crippen LogP contribution is -2.47. The van der Waals surface area contributed by atoms with Gasteiger partial charge in [0.2, 0.25) is 0 Å². The van der Waals surface area contributed by atoms with E-state index in [1.54, 1.807) is 0 Å². The molecule has 2 aliphatic rings. The quantitative estimate of drug-likeness (QED) is 0.836. The Bertz CT molecular complexity index is 445. The monoisotopic (exact) mass is 259 g/mol. The molecule has 0 amide bonds. The molecule has 0 saturated carbocycles. The smallest absolute Gasteiger partial charge is 0.0948 e. The summed E-state index contributed by atoms with van der Waals surface area (Å²) >= 11 is 0. The molecule has 3 rings (SSSR count). The van der Waals surface area contributed by atoms with E-state index in [2.05, 4.69) is 43.0 Å². The van der Waals surface area contributed by atoms with E-state index in [9.17, 15) is 5.11 Å². The van der Waals surface area contributed by atoms with Gasteiger partial charge in [0.05, 0.1) is 6.10 Å². The number of likely N-dealkylation sites (tertiary alicyclic amines) is 1. The molecule has 1 fully saturated rings. The SMILES string of the molecule is CC1CCCN(C2CC(C)c3ccccc3C2O)C1. The van der Waals surface area contributed by atoms with E-state index < -0.39 is 0 Å². The van der Waals surface area contributed by atoms with Gasteiger partial charge in [-0.25, -0.2) is 0 Å². The predicted molar refractivity (Wildman–Crippen MR) is 78.2 cm³/mol. The van der Waals surface area contributed by atoms with Crippen molar-refractivity contribution in [1.82, 2.24) is 4.90 Å². The lowest BCUT2D eigenvalue weighted by atomic mass is 9.78. The number of hydrogen-bond donors (Lipinski definition) is 1.